The Morgan fingerprint density at radius 3 is 2.68 bits per heavy atom. The summed E-state index contributed by atoms with van der Waals surface area (Å²) in [6, 6.07) is 0. The first kappa shape index (κ1) is 15.2. The van der Waals surface area contributed by atoms with Gasteiger partial charge in [0.15, 0.2) is 0 Å². The Kier molecular flexibility index (Phi) is 5.54. The molecule has 1 aromatic rings. The number of amides is 1. The van der Waals surface area contributed by atoms with Crippen molar-refractivity contribution < 1.29 is 14.7 Å². The summed E-state index contributed by atoms with van der Waals surface area (Å²) >= 11 is 0. The van der Waals surface area contributed by atoms with Crippen LogP contribution in [0.5, 0.6) is 0 Å². The lowest BCUT2D eigenvalue weighted by Crippen LogP contribution is -2.26. The number of carbonyl (C=O) groups excluding carboxylic acids is 1. The second kappa shape index (κ2) is 6.92. The molecule has 19 heavy (non-hydrogen) atoms. The fourth-order valence-electron chi connectivity index (χ4n) is 1.85. The fourth-order valence-corrected chi connectivity index (χ4v) is 1.85. The van der Waals surface area contributed by atoms with Crippen LogP contribution in [0.1, 0.15) is 43.2 Å². The molecule has 0 saturated heterocycles. The average molecular weight is 267 g/mol. The molecule has 6 nitrogen and oxygen atoms in total. The van der Waals surface area contributed by atoms with Crippen LogP contribution in [-0.4, -0.2) is 33.3 Å². The lowest BCUT2D eigenvalue weighted by molar-refractivity contribution is -0.136. The molecule has 1 aromatic heterocycles. The molecule has 0 spiro atoms. The molecule has 0 aliphatic heterocycles. The van der Waals surface area contributed by atoms with E-state index in [-0.39, 0.29) is 18.9 Å². The Bertz CT molecular complexity index is 452. The SMILES string of the molecule is CCc1c(C(=O)NCCC(=O)O)cnn1CC(C)C. The van der Waals surface area contributed by atoms with Crippen LogP contribution in [0.2, 0.25) is 0 Å². The monoisotopic (exact) mass is 267 g/mol. The van der Waals surface area contributed by atoms with E-state index in [0.717, 1.165) is 12.2 Å². The number of aromatic nitrogens is 2. The van der Waals surface area contributed by atoms with Crippen LogP contribution in [0.3, 0.4) is 0 Å². The van der Waals surface area contributed by atoms with E-state index < -0.39 is 5.97 Å². The highest BCUT2D eigenvalue weighted by molar-refractivity contribution is 5.95. The van der Waals surface area contributed by atoms with Crippen molar-refractivity contribution in [3.05, 3.63) is 17.5 Å². The molecule has 0 aliphatic rings. The van der Waals surface area contributed by atoms with Gasteiger partial charge in [0, 0.05) is 13.1 Å². The van der Waals surface area contributed by atoms with Crippen LogP contribution in [0.4, 0.5) is 0 Å². The summed E-state index contributed by atoms with van der Waals surface area (Å²) in [7, 11) is 0. The van der Waals surface area contributed by atoms with Crippen LogP contribution in [0.15, 0.2) is 6.20 Å². The Morgan fingerprint density at radius 1 is 1.47 bits per heavy atom. The normalized spacial score (nSPS) is 10.7. The Balaban J connectivity index is 2.74. The molecule has 106 valence electrons. The predicted octanol–water partition coefficient (Wildman–Crippen LogP) is 1.31. The molecule has 0 saturated carbocycles. The second-order valence-corrected chi connectivity index (χ2v) is 4.83. The van der Waals surface area contributed by atoms with Gasteiger partial charge in [-0.2, -0.15) is 5.10 Å². The summed E-state index contributed by atoms with van der Waals surface area (Å²) in [4.78, 5) is 22.3. The van der Waals surface area contributed by atoms with Gasteiger partial charge in [-0.25, -0.2) is 0 Å². The van der Waals surface area contributed by atoms with E-state index in [2.05, 4.69) is 24.3 Å². The summed E-state index contributed by atoms with van der Waals surface area (Å²) in [5.41, 5.74) is 1.43. The fraction of sp³-hybridized carbons (Fsp3) is 0.615. The number of hydrogen-bond donors (Lipinski definition) is 2. The highest BCUT2D eigenvalue weighted by atomic mass is 16.4. The summed E-state index contributed by atoms with van der Waals surface area (Å²) in [6.45, 7) is 7.06. The molecule has 2 N–H and O–H groups in total. The van der Waals surface area contributed by atoms with Crippen molar-refractivity contribution in [3.8, 4) is 0 Å². The number of carboxylic acids is 1. The third-order valence-electron chi connectivity index (χ3n) is 2.69. The van der Waals surface area contributed by atoms with Crippen molar-refractivity contribution >= 4 is 11.9 Å². The molecule has 0 radical (unpaired) electrons. The van der Waals surface area contributed by atoms with E-state index in [1.807, 2.05) is 11.6 Å². The van der Waals surface area contributed by atoms with Crippen molar-refractivity contribution in [1.82, 2.24) is 15.1 Å². The molecule has 0 aliphatic carbocycles. The molecule has 0 atom stereocenters. The maximum atomic E-state index is 11.9. The zero-order valence-electron chi connectivity index (χ0n) is 11.6. The molecule has 0 unspecified atom stereocenters. The van der Waals surface area contributed by atoms with Gasteiger partial charge in [0.05, 0.1) is 23.9 Å². The minimum absolute atomic E-state index is 0.0761. The number of nitrogens with zero attached hydrogens (tertiary/aromatic N) is 2. The van der Waals surface area contributed by atoms with Crippen molar-refractivity contribution in [1.29, 1.82) is 0 Å². The summed E-state index contributed by atoms with van der Waals surface area (Å²) in [5, 5.41) is 15.4. The first-order valence-electron chi connectivity index (χ1n) is 6.50. The van der Waals surface area contributed by atoms with Crippen molar-refractivity contribution in [2.24, 2.45) is 5.92 Å². The molecule has 0 fully saturated rings. The molecule has 6 heteroatoms. The number of rotatable bonds is 7. The molecular formula is C13H21N3O3. The van der Waals surface area contributed by atoms with E-state index in [1.165, 1.54) is 0 Å². The van der Waals surface area contributed by atoms with E-state index in [1.54, 1.807) is 6.20 Å². The number of aliphatic carboxylic acids is 1. The molecule has 0 aromatic carbocycles. The third-order valence-corrected chi connectivity index (χ3v) is 2.69. The van der Waals surface area contributed by atoms with E-state index in [0.29, 0.717) is 17.9 Å². The Hall–Kier alpha value is -1.85. The quantitative estimate of drug-likeness (QED) is 0.780. The molecule has 0 bridgehead atoms. The molecular weight excluding hydrogens is 246 g/mol. The molecule has 1 rings (SSSR count). The predicted molar refractivity (Wildman–Crippen MR) is 71.0 cm³/mol. The van der Waals surface area contributed by atoms with Crippen LogP contribution in [0, 0.1) is 5.92 Å². The summed E-state index contributed by atoms with van der Waals surface area (Å²) in [5.74, 6) is -0.729. The summed E-state index contributed by atoms with van der Waals surface area (Å²) in [6.07, 6.45) is 2.19. The minimum atomic E-state index is -0.925. The van der Waals surface area contributed by atoms with Crippen LogP contribution >= 0.6 is 0 Å². The largest absolute Gasteiger partial charge is 0.481 e. The standard InChI is InChI=1S/C13H21N3O3/c1-4-11-10(7-15-16(11)8-9(2)3)13(19)14-6-5-12(17)18/h7,9H,4-6,8H2,1-3H3,(H,14,19)(H,17,18). The number of nitrogens with one attached hydrogen (secondary N) is 1. The van der Waals surface area contributed by atoms with Crippen molar-refractivity contribution in [3.63, 3.8) is 0 Å². The lowest BCUT2D eigenvalue weighted by Gasteiger charge is -2.10. The minimum Gasteiger partial charge on any atom is -0.481 e. The van der Waals surface area contributed by atoms with Crippen LogP contribution in [0.25, 0.3) is 0 Å². The van der Waals surface area contributed by atoms with Gasteiger partial charge in [-0.1, -0.05) is 20.8 Å². The van der Waals surface area contributed by atoms with Crippen LogP contribution in [-0.2, 0) is 17.8 Å². The van der Waals surface area contributed by atoms with Gasteiger partial charge in [-0.15, -0.1) is 0 Å². The van der Waals surface area contributed by atoms with Gasteiger partial charge in [0.2, 0.25) is 0 Å². The van der Waals surface area contributed by atoms with Gasteiger partial charge in [0.25, 0.3) is 5.91 Å². The number of carboxylic acid groups (broad SMARTS) is 1. The first-order chi connectivity index (χ1) is 8.95. The van der Waals surface area contributed by atoms with Gasteiger partial charge in [0.1, 0.15) is 0 Å². The number of carbonyl (C=O) groups is 2. The van der Waals surface area contributed by atoms with E-state index in [4.69, 9.17) is 5.11 Å². The van der Waals surface area contributed by atoms with Crippen LogP contribution < -0.4 is 5.32 Å². The Labute approximate surface area is 112 Å². The van der Waals surface area contributed by atoms with Crippen molar-refractivity contribution in [2.75, 3.05) is 6.54 Å². The zero-order chi connectivity index (χ0) is 14.4. The maximum Gasteiger partial charge on any atom is 0.305 e. The summed E-state index contributed by atoms with van der Waals surface area (Å²) < 4.78 is 1.84. The molecule has 1 heterocycles. The average Bonchev–Trinajstić information content (AvgIpc) is 2.70. The Morgan fingerprint density at radius 2 is 2.16 bits per heavy atom. The van der Waals surface area contributed by atoms with Crippen molar-refractivity contribution in [2.45, 2.75) is 40.2 Å². The maximum absolute atomic E-state index is 11.9. The zero-order valence-corrected chi connectivity index (χ0v) is 11.6. The highest BCUT2D eigenvalue weighted by Gasteiger charge is 2.16. The van der Waals surface area contributed by atoms with E-state index >= 15 is 0 Å². The second-order valence-electron chi connectivity index (χ2n) is 4.83. The van der Waals surface area contributed by atoms with E-state index in [9.17, 15) is 9.59 Å². The van der Waals surface area contributed by atoms with Gasteiger partial charge in [-0.05, 0) is 12.3 Å². The highest BCUT2D eigenvalue weighted by Crippen LogP contribution is 2.11. The first-order valence-corrected chi connectivity index (χ1v) is 6.50. The van der Waals surface area contributed by atoms with Gasteiger partial charge >= 0.3 is 5.97 Å². The lowest BCUT2D eigenvalue weighted by atomic mass is 10.1. The van der Waals surface area contributed by atoms with Gasteiger partial charge in [-0.3, -0.25) is 14.3 Å². The third kappa shape index (κ3) is 4.39. The topological polar surface area (TPSA) is 84.2 Å². The smallest absolute Gasteiger partial charge is 0.305 e. The molecule has 1 amide bonds. The number of hydrogen-bond acceptors (Lipinski definition) is 3. The van der Waals surface area contributed by atoms with Gasteiger partial charge < -0.3 is 10.4 Å².